The van der Waals surface area contributed by atoms with Crippen LogP contribution in [-0.4, -0.2) is 22.9 Å². The molecule has 2 heteroatoms. The van der Waals surface area contributed by atoms with Gasteiger partial charge in [0.25, 0.3) is 0 Å². The first kappa shape index (κ1) is 15.7. The topological polar surface area (TPSA) is 40.5 Å². The molecule has 0 amide bonds. The number of aliphatic hydroxyl groups excluding tert-OH is 2. The third-order valence-electron chi connectivity index (χ3n) is 7.67. The van der Waals surface area contributed by atoms with Crippen LogP contribution < -0.4 is 0 Å². The molecule has 0 aliphatic heterocycles. The molecule has 23 heavy (non-hydrogen) atoms. The Labute approximate surface area is 140 Å². The van der Waals surface area contributed by atoms with Gasteiger partial charge in [0.2, 0.25) is 0 Å². The van der Waals surface area contributed by atoms with Crippen molar-refractivity contribution in [1.29, 1.82) is 0 Å². The van der Waals surface area contributed by atoms with Crippen LogP contribution in [0.2, 0.25) is 0 Å². The Bertz CT molecular complexity index is 587. The minimum atomic E-state index is -0.238. The van der Waals surface area contributed by atoms with E-state index in [0.29, 0.717) is 17.8 Å². The third kappa shape index (κ3) is 2.07. The number of hydrogen-bond donors (Lipinski definition) is 2. The van der Waals surface area contributed by atoms with Crippen molar-refractivity contribution in [1.82, 2.24) is 0 Å². The van der Waals surface area contributed by atoms with Crippen LogP contribution in [0.25, 0.3) is 0 Å². The van der Waals surface area contributed by atoms with Gasteiger partial charge in [0.05, 0.1) is 6.10 Å². The highest BCUT2D eigenvalue weighted by Gasteiger charge is 2.59. The second kappa shape index (κ2) is 5.32. The molecule has 6 atom stereocenters. The Morgan fingerprint density at radius 2 is 2.09 bits per heavy atom. The summed E-state index contributed by atoms with van der Waals surface area (Å²) >= 11 is 0. The minimum Gasteiger partial charge on any atom is -0.396 e. The molecule has 4 aliphatic rings. The molecule has 2 nitrogen and oxygen atoms in total. The van der Waals surface area contributed by atoms with E-state index in [9.17, 15) is 10.2 Å². The zero-order valence-electron chi connectivity index (χ0n) is 14.5. The molecule has 2 fully saturated rings. The number of hydrogen-bond acceptors (Lipinski definition) is 2. The molecule has 1 unspecified atom stereocenters. The van der Waals surface area contributed by atoms with Crippen molar-refractivity contribution < 1.29 is 10.2 Å². The molecule has 0 heterocycles. The molecule has 2 saturated carbocycles. The van der Waals surface area contributed by atoms with E-state index in [1.165, 1.54) is 18.4 Å². The first-order chi connectivity index (χ1) is 11.0. The van der Waals surface area contributed by atoms with Gasteiger partial charge in [-0.15, -0.1) is 0 Å². The van der Waals surface area contributed by atoms with Crippen molar-refractivity contribution >= 4 is 0 Å². The lowest BCUT2D eigenvalue weighted by molar-refractivity contribution is -0.0975. The van der Waals surface area contributed by atoms with Gasteiger partial charge in [-0.25, -0.2) is 0 Å². The van der Waals surface area contributed by atoms with E-state index >= 15 is 0 Å². The van der Waals surface area contributed by atoms with Gasteiger partial charge < -0.3 is 10.2 Å². The number of fused-ring (bicyclic) bond motifs is 5. The molecule has 0 aromatic carbocycles. The number of aliphatic hydroxyl groups is 2. The molecule has 4 rings (SSSR count). The van der Waals surface area contributed by atoms with E-state index in [4.69, 9.17) is 0 Å². The molecule has 0 spiro atoms. The van der Waals surface area contributed by atoms with Gasteiger partial charge in [-0.3, -0.25) is 0 Å². The maximum atomic E-state index is 11.2. The summed E-state index contributed by atoms with van der Waals surface area (Å²) in [5.41, 5.74) is 3.11. The normalized spacial score (nSPS) is 48.2. The van der Waals surface area contributed by atoms with Gasteiger partial charge >= 0.3 is 0 Å². The lowest BCUT2D eigenvalue weighted by atomic mass is 9.47. The molecule has 0 saturated heterocycles. The first-order valence-corrected chi connectivity index (χ1v) is 9.36. The Morgan fingerprint density at radius 1 is 1.26 bits per heavy atom. The third-order valence-corrected chi connectivity index (χ3v) is 7.67. The minimum absolute atomic E-state index is 0.0572. The highest BCUT2D eigenvalue weighted by atomic mass is 16.3. The molecule has 126 valence electrons. The van der Waals surface area contributed by atoms with Gasteiger partial charge in [0.1, 0.15) is 0 Å². The van der Waals surface area contributed by atoms with Crippen LogP contribution in [0.5, 0.6) is 0 Å². The van der Waals surface area contributed by atoms with E-state index in [0.717, 1.165) is 25.7 Å². The fourth-order valence-corrected chi connectivity index (χ4v) is 6.63. The van der Waals surface area contributed by atoms with E-state index < -0.39 is 0 Å². The van der Waals surface area contributed by atoms with Crippen LogP contribution >= 0.6 is 0 Å². The summed E-state index contributed by atoms with van der Waals surface area (Å²) in [6.07, 6.45) is 15.5. The molecule has 0 aromatic rings. The van der Waals surface area contributed by atoms with Crippen LogP contribution in [0.4, 0.5) is 0 Å². The number of rotatable bonds is 2. The van der Waals surface area contributed by atoms with Crippen molar-refractivity contribution in [2.45, 2.75) is 58.5 Å². The summed E-state index contributed by atoms with van der Waals surface area (Å²) in [5, 5.41) is 20.6. The molecule has 4 aliphatic carbocycles. The monoisotopic (exact) mass is 314 g/mol. The van der Waals surface area contributed by atoms with Crippen molar-refractivity contribution in [3.8, 4) is 0 Å². The lowest BCUT2D eigenvalue weighted by Gasteiger charge is -2.58. The second-order valence-electron chi connectivity index (χ2n) is 8.61. The highest BCUT2D eigenvalue weighted by Crippen LogP contribution is 2.64. The van der Waals surface area contributed by atoms with Crippen molar-refractivity contribution in [2.75, 3.05) is 6.61 Å². The SMILES string of the molecule is C[C@]12C=CCC=C1CC[C@@H]1[C@@H]2C(O)C[C@]2(C)C(CCO)=CC[C@@H]12. The average Bonchev–Trinajstić information content (AvgIpc) is 2.83. The molecular weight excluding hydrogens is 284 g/mol. The number of allylic oxidation sites excluding steroid dienone is 5. The molecule has 0 radical (unpaired) electrons. The Hall–Kier alpha value is -0.860. The molecule has 2 N–H and O–H groups in total. The van der Waals surface area contributed by atoms with Crippen molar-refractivity contribution in [3.63, 3.8) is 0 Å². The van der Waals surface area contributed by atoms with E-state index in [1.807, 2.05) is 0 Å². The predicted molar refractivity (Wildman–Crippen MR) is 92.8 cm³/mol. The zero-order chi connectivity index (χ0) is 16.2. The highest BCUT2D eigenvalue weighted by molar-refractivity contribution is 5.34. The smallest absolute Gasteiger partial charge is 0.0590 e. The zero-order valence-corrected chi connectivity index (χ0v) is 14.5. The fraction of sp³-hybridized carbons (Fsp3) is 0.714. The largest absolute Gasteiger partial charge is 0.396 e. The molecular formula is C21H30O2. The Balaban J connectivity index is 1.70. The van der Waals surface area contributed by atoms with Crippen LogP contribution in [0.1, 0.15) is 52.4 Å². The average molecular weight is 314 g/mol. The standard InChI is InChI=1S/C21H30O2/c1-20-11-4-3-5-14(20)6-8-16-17-9-7-15(10-12-22)21(17,2)13-18(23)19(16)20/h4-5,7,11,16-19,22-23H,3,6,8-10,12-13H2,1-2H3/t16-,17-,18?,19+,20-,21+/m0/s1. The van der Waals surface area contributed by atoms with Gasteiger partial charge in [-0.2, -0.15) is 0 Å². The summed E-state index contributed by atoms with van der Waals surface area (Å²) in [5.74, 6) is 1.60. The van der Waals surface area contributed by atoms with Crippen LogP contribution in [0, 0.1) is 28.6 Å². The quantitative estimate of drug-likeness (QED) is 0.756. The predicted octanol–water partition coefficient (Wildman–Crippen LogP) is 4.00. The summed E-state index contributed by atoms with van der Waals surface area (Å²) in [6.45, 7) is 4.93. The van der Waals surface area contributed by atoms with Gasteiger partial charge in [-0.1, -0.05) is 49.3 Å². The fourth-order valence-electron chi connectivity index (χ4n) is 6.63. The second-order valence-corrected chi connectivity index (χ2v) is 8.61. The van der Waals surface area contributed by atoms with E-state index in [-0.39, 0.29) is 23.5 Å². The molecule has 0 aromatic heterocycles. The summed E-state index contributed by atoms with van der Waals surface area (Å²) in [7, 11) is 0. The maximum absolute atomic E-state index is 11.2. The van der Waals surface area contributed by atoms with Crippen LogP contribution in [-0.2, 0) is 0 Å². The van der Waals surface area contributed by atoms with Gasteiger partial charge in [0, 0.05) is 17.9 Å². The maximum Gasteiger partial charge on any atom is 0.0590 e. The summed E-state index contributed by atoms with van der Waals surface area (Å²) in [6, 6.07) is 0. The van der Waals surface area contributed by atoms with Gasteiger partial charge in [0.15, 0.2) is 0 Å². The molecule has 0 bridgehead atoms. The summed E-state index contributed by atoms with van der Waals surface area (Å²) < 4.78 is 0. The van der Waals surface area contributed by atoms with E-state index in [2.05, 4.69) is 38.2 Å². The Morgan fingerprint density at radius 3 is 2.87 bits per heavy atom. The van der Waals surface area contributed by atoms with Crippen LogP contribution in [0.15, 0.2) is 35.5 Å². The Kier molecular flexibility index (Phi) is 3.62. The van der Waals surface area contributed by atoms with E-state index in [1.54, 1.807) is 5.57 Å². The lowest BCUT2D eigenvalue weighted by Crippen LogP contribution is -2.55. The van der Waals surface area contributed by atoms with Crippen molar-refractivity contribution in [2.24, 2.45) is 28.6 Å². The van der Waals surface area contributed by atoms with Crippen molar-refractivity contribution in [3.05, 3.63) is 35.5 Å². The first-order valence-electron chi connectivity index (χ1n) is 9.36. The summed E-state index contributed by atoms with van der Waals surface area (Å²) in [4.78, 5) is 0. The van der Waals surface area contributed by atoms with Gasteiger partial charge in [-0.05, 0) is 55.8 Å². The van der Waals surface area contributed by atoms with Crippen LogP contribution in [0.3, 0.4) is 0 Å².